The van der Waals surface area contributed by atoms with Gasteiger partial charge in [0.15, 0.2) is 0 Å². The average molecular weight is 462 g/mol. The number of halogens is 2. The van der Waals surface area contributed by atoms with Crippen LogP contribution in [0.4, 0.5) is 8.78 Å². The average Bonchev–Trinajstić information content (AvgIpc) is 3.25. The van der Waals surface area contributed by atoms with Gasteiger partial charge in [-0.2, -0.15) is 0 Å². The summed E-state index contributed by atoms with van der Waals surface area (Å²) in [6.45, 7) is 0.0522. The van der Waals surface area contributed by atoms with Gasteiger partial charge in [0.25, 0.3) is 0 Å². The van der Waals surface area contributed by atoms with E-state index < -0.39 is 47.1 Å². The van der Waals surface area contributed by atoms with Gasteiger partial charge in [-0.15, -0.1) is 0 Å². The first-order valence-corrected chi connectivity index (χ1v) is 11.2. The first kappa shape index (κ1) is 20.9. The van der Waals surface area contributed by atoms with Gasteiger partial charge in [0.1, 0.15) is 11.6 Å². The highest BCUT2D eigenvalue weighted by Crippen LogP contribution is 2.58. The van der Waals surface area contributed by atoms with E-state index in [-0.39, 0.29) is 36.7 Å². The first-order chi connectivity index (χ1) is 16.3. The van der Waals surface area contributed by atoms with Crippen molar-refractivity contribution in [2.24, 2.45) is 35.5 Å². The van der Waals surface area contributed by atoms with Crippen molar-refractivity contribution in [2.45, 2.75) is 13.1 Å². The second-order valence-corrected chi connectivity index (χ2v) is 9.42. The maximum atomic E-state index is 13.3. The molecule has 2 aromatic rings. The Labute approximate surface area is 193 Å². The molecule has 7 rings (SSSR count). The Balaban J connectivity index is 1.28. The molecule has 0 N–H and O–H groups in total. The third kappa shape index (κ3) is 2.90. The van der Waals surface area contributed by atoms with Gasteiger partial charge in [0.05, 0.1) is 36.8 Å². The molecule has 6 nitrogen and oxygen atoms in total. The summed E-state index contributed by atoms with van der Waals surface area (Å²) in [7, 11) is 0. The minimum atomic E-state index is -0.688. The van der Waals surface area contributed by atoms with E-state index in [4.69, 9.17) is 0 Å². The van der Waals surface area contributed by atoms with E-state index in [0.29, 0.717) is 11.1 Å². The molecular formula is C26H20F2N2O4. The summed E-state index contributed by atoms with van der Waals surface area (Å²) in [5.41, 5.74) is 1.25. The first-order valence-electron chi connectivity index (χ1n) is 11.2. The molecule has 3 fully saturated rings. The van der Waals surface area contributed by atoms with Crippen molar-refractivity contribution in [2.75, 3.05) is 0 Å². The van der Waals surface area contributed by atoms with Gasteiger partial charge in [-0.05, 0) is 35.4 Å². The summed E-state index contributed by atoms with van der Waals surface area (Å²) in [5.74, 6) is -6.06. The summed E-state index contributed by atoms with van der Waals surface area (Å²) in [6, 6.07) is 11.2. The van der Waals surface area contributed by atoms with Gasteiger partial charge in [-0.3, -0.25) is 29.0 Å². The van der Waals surface area contributed by atoms with Gasteiger partial charge < -0.3 is 0 Å². The van der Waals surface area contributed by atoms with Crippen molar-refractivity contribution < 1.29 is 28.0 Å². The molecule has 0 radical (unpaired) electrons. The molecule has 4 unspecified atom stereocenters. The SMILES string of the molecule is O=C1C2C(C(=O)N1Cc1ccc(F)cc1)C1C=CC2[C@H]2C(=O)N(Cc3ccc(F)cc3)C(=O)[C@@H]12. The largest absolute Gasteiger partial charge is 0.278 e. The van der Waals surface area contributed by atoms with E-state index in [2.05, 4.69) is 0 Å². The molecule has 2 bridgehead atoms. The second-order valence-electron chi connectivity index (χ2n) is 9.42. The predicted molar refractivity (Wildman–Crippen MR) is 114 cm³/mol. The number of allylic oxidation sites excluding steroid dienone is 2. The van der Waals surface area contributed by atoms with E-state index in [9.17, 15) is 28.0 Å². The molecule has 2 saturated heterocycles. The van der Waals surface area contributed by atoms with E-state index in [1.807, 2.05) is 12.2 Å². The maximum Gasteiger partial charge on any atom is 0.234 e. The lowest BCUT2D eigenvalue weighted by atomic mass is 9.54. The van der Waals surface area contributed by atoms with Gasteiger partial charge in [0, 0.05) is 11.8 Å². The summed E-state index contributed by atoms with van der Waals surface area (Å²) >= 11 is 0. The van der Waals surface area contributed by atoms with E-state index in [1.165, 1.54) is 58.3 Å². The molecule has 3 aliphatic carbocycles. The zero-order chi connectivity index (χ0) is 23.7. The number of nitrogens with zero attached hydrogens (tertiary/aromatic N) is 2. The van der Waals surface area contributed by atoms with Crippen LogP contribution >= 0.6 is 0 Å². The quantitative estimate of drug-likeness (QED) is 0.517. The fourth-order valence-corrected chi connectivity index (χ4v) is 6.21. The molecule has 4 amide bonds. The van der Waals surface area contributed by atoms with Crippen LogP contribution in [0.3, 0.4) is 0 Å². The topological polar surface area (TPSA) is 74.8 Å². The third-order valence-corrected chi connectivity index (χ3v) is 7.70. The number of likely N-dealkylation sites (tertiary alicyclic amines) is 2. The van der Waals surface area contributed by atoms with Crippen molar-refractivity contribution in [3.05, 3.63) is 83.4 Å². The normalized spacial score (nSPS) is 31.5. The Hall–Kier alpha value is -3.68. The highest BCUT2D eigenvalue weighted by atomic mass is 19.1. The lowest BCUT2D eigenvalue weighted by Crippen LogP contribution is -2.50. The molecular weight excluding hydrogens is 442 g/mol. The molecule has 2 heterocycles. The van der Waals surface area contributed by atoms with Gasteiger partial charge in [-0.25, -0.2) is 8.78 Å². The minimum Gasteiger partial charge on any atom is -0.278 e. The number of benzene rings is 2. The zero-order valence-electron chi connectivity index (χ0n) is 17.9. The van der Waals surface area contributed by atoms with Crippen LogP contribution in [0.5, 0.6) is 0 Å². The molecule has 5 aliphatic rings. The standard InChI is InChI=1S/C26H20F2N2O4/c27-15-5-1-13(2-6-15)11-29-23(31)19-17-9-10-18(20(19)24(29)32)22-21(17)25(33)30(26(22)34)12-14-3-7-16(28)8-4-14/h1-10,17-22H,11-12H2/t17?,18?,19-,20+,21?,22?. The number of imide groups is 2. The number of rotatable bonds is 4. The van der Waals surface area contributed by atoms with Crippen LogP contribution in [0, 0.1) is 47.1 Å². The molecule has 0 aromatic heterocycles. The highest BCUT2D eigenvalue weighted by Gasteiger charge is 2.68. The summed E-state index contributed by atoms with van der Waals surface area (Å²) in [5, 5.41) is 0. The van der Waals surface area contributed by atoms with Crippen molar-refractivity contribution in [1.29, 1.82) is 0 Å². The summed E-state index contributed by atoms with van der Waals surface area (Å²) < 4.78 is 26.5. The van der Waals surface area contributed by atoms with Crippen molar-refractivity contribution >= 4 is 23.6 Å². The molecule has 2 aliphatic heterocycles. The van der Waals surface area contributed by atoms with Crippen LogP contribution in [0.2, 0.25) is 0 Å². The van der Waals surface area contributed by atoms with Crippen LogP contribution < -0.4 is 0 Å². The smallest absolute Gasteiger partial charge is 0.234 e. The molecule has 1 saturated carbocycles. The second kappa shape index (κ2) is 7.41. The Kier molecular flexibility index (Phi) is 4.56. The summed E-state index contributed by atoms with van der Waals surface area (Å²) in [4.78, 5) is 55.7. The molecule has 8 heteroatoms. The molecule has 172 valence electrons. The number of hydrogen-bond acceptors (Lipinski definition) is 4. The van der Waals surface area contributed by atoms with Crippen LogP contribution in [-0.2, 0) is 32.3 Å². The van der Waals surface area contributed by atoms with Gasteiger partial charge in [-0.1, -0.05) is 36.4 Å². The number of hydrogen-bond donors (Lipinski definition) is 0. The Morgan fingerprint density at radius 3 is 1.12 bits per heavy atom. The van der Waals surface area contributed by atoms with E-state index in [0.717, 1.165) is 0 Å². The lowest BCUT2D eigenvalue weighted by Gasteiger charge is -2.44. The molecule has 2 aromatic carbocycles. The van der Waals surface area contributed by atoms with E-state index >= 15 is 0 Å². The van der Waals surface area contributed by atoms with Crippen LogP contribution in [0.25, 0.3) is 0 Å². The Morgan fingerprint density at radius 1 is 0.529 bits per heavy atom. The fraction of sp³-hybridized carbons (Fsp3) is 0.308. The summed E-state index contributed by atoms with van der Waals surface area (Å²) in [6.07, 6.45) is 3.62. The van der Waals surface area contributed by atoms with E-state index in [1.54, 1.807) is 0 Å². The van der Waals surface area contributed by atoms with Gasteiger partial charge in [0.2, 0.25) is 23.6 Å². The molecule has 0 spiro atoms. The molecule has 6 atom stereocenters. The number of carbonyl (C=O) groups excluding carboxylic acids is 4. The third-order valence-electron chi connectivity index (χ3n) is 7.70. The van der Waals surface area contributed by atoms with Crippen molar-refractivity contribution in [1.82, 2.24) is 9.80 Å². The van der Waals surface area contributed by atoms with Crippen LogP contribution in [-0.4, -0.2) is 33.4 Å². The zero-order valence-corrected chi connectivity index (χ0v) is 17.9. The van der Waals surface area contributed by atoms with Crippen molar-refractivity contribution in [3.63, 3.8) is 0 Å². The van der Waals surface area contributed by atoms with Gasteiger partial charge >= 0.3 is 0 Å². The van der Waals surface area contributed by atoms with Crippen molar-refractivity contribution in [3.8, 4) is 0 Å². The minimum absolute atomic E-state index is 0.0261. The highest BCUT2D eigenvalue weighted by molar-refractivity contribution is 6.10. The monoisotopic (exact) mass is 462 g/mol. The van der Waals surface area contributed by atoms with Crippen LogP contribution in [0.15, 0.2) is 60.7 Å². The maximum absolute atomic E-state index is 13.3. The number of carbonyl (C=O) groups is 4. The fourth-order valence-electron chi connectivity index (χ4n) is 6.21. The van der Waals surface area contributed by atoms with Crippen LogP contribution in [0.1, 0.15) is 11.1 Å². The molecule has 34 heavy (non-hydrogen) atoms. The predicted octanol–water partition coefficient (Wildman–Crippen LogP) is 2.68. The Morgan fingerprint density at radius 2 is 0.824 bits per heavy atom. The lowest BCUT2D eigenvalue weighted by molar-refractivity contribution is -0.140. The number of amides is 4. The Bertz CT molecular complexity index is 1120.